The number of likely N-dealkylation sites (N-methyl/N-ethyl adjacent to an activating group) is 1. The van der Waals surface area contributed by atoms with E-state index in [1.54, 1.807) is 7.11 Å². The molecular formula is C27H55N5O3. The maximum Gasteiger partial charge on any atom is 0.240 e. The van der Waals surface area contributed by atoms with Gasteiger partial charge in [0.2, 0.25) is 5.91 Å². The summed E-state index contributed by atoms with van der Waals surface area (Å²) in [6, 6.07) is 1.19. The molecule has 3 aliphatic rings. The molecule has 4 rings (SSSR count). The molecule has 3 fully saturated rings. The Morgan fingerprint density at radius 3 is 2.20 bits per heavy atom. The predicted octanol–water partition coefficient (Wildman–Crippen LogP) is 4.31. The Bertz CT molecular complexity index is 642. The Kier molecular flexibility index (Phi) is 18.8. The lowest BCUT2D eigenvalue weighted by molar-refractivity contribution is -0.147. The molecule has 35 heavy (non-hydrogen) atoms. The Balaban J connectivity index is 0.000000546. The molecule has 0 saturated carbocycles. The molecule has 3 atom stereocenters. The fraction of sp³-hybridized carbons (Fsp3) is 0.852. The molecule has 3 saturated heterocycles. The number of nitrogens with zero attached hydrogens (tertiary/aromatic N) is 5. The van der Waals surface area contributed by atoms with Crippen LogP contribution in [-0.2, 0) is 20.8 Å². The summed E-state index contributed by atoms with van der Waals surface area (Å²) < 4.78 is 12.5. The molecule has 3 unspecified atom stereocenters. The van der Waals surface area contributed by atoms with E-state index in [-0.39, 0.29) is 11.9 Å². The van der Waals surface area contributed by atoms with Gasteiger partial charge in [0.15, 0.2) is 0 Å². The highest BCUT2D eigenvalue weighted by molar-refractivity contribution is 5.83. The number of likely N-dealkylation sites (tertiary alicyclic amines) is 2. The van der Waals surface area contributed by atoms with Crippen molar-refractivity contribution in [2.45, 2.75) is 92.4 Å². The van der Waals surface area contributed by atoms with E-state index in [4.69, 9.17) is 9.47 Å². The number of carbonyl (C=O) groups excluding carboxylic acids is 1. The van der Waals surface area contributed by atoms with E-state index in [1.165, 1.54) is 25.2 Å². The third-order valence-corrected chi connectivity index (χ3v) is 6.46. The summed E-state index contributed by atoms with van der Waals surface area (Å²) in [5.41, 5.74) is 0. The number of rotatable bonds is 5. The monoisotopic (exact) mass is 497 g/mol. The number of aromatic nitrogens is 2. The van der Waals surface area contributed by atoms with E-state index in [1.807, 2.05) is 65.9 Å². The van der Waals surface area contributed by atoms with Crippen LogP contribution in [0, 0.1) is 0 Å². The lowest BCUT2D eigenvalue weighted by Crippen LogP contribution is -2.60. The summed E-state index contributed by atoms with van der Waals surface area (Å²) in [4.78, 5) is 22.9. The number of imidazole rings is 1. The fourth-order valence-corrected chi connectivity index (χ4v) is 4.33. The summed E-state index contributed by atoms with van der Waals surface area (Å²) in [7, 11) is 5.93. The van der Waals surface area contributed by atoms with Crippen molar-refractivity contribution in [2.75, 3.05) is 60.7 Å². The lowest BCUT2D eigenvalue weighted by Gasteiger charge is -2.45. The molecule has 1 aromatic rings. The molecule has 8 heteroatoms. The third-order valence-electron chi connectivity index (χ3n) is 6.46. The summed E-state index contributed by atoms with van der Waals surface area (Å²) in [5.74, 6) is 1.47. The summed E-state index contributed by atoms with van der Waals surface area (Å²) in [5, 5.41) is 0. The van der Waals surface area contributed by atoms with Gasteiger partial charge in [-0.1, -0.05) is 41.5 Å². The molecule has 8 nitrogen and oxygen atoms in total. The van der Waals surface area contributed by atoms with Gasteiger partial charge in [-0.3, -0.25) is 14.6 Å². The number of amides is 1. The Labute approximate surface area is 216 Å². The molecule has 0 radical (unpaired) electrons. The highest BCUT2D eigenvalue weighted by Gasteiger charge is 2.39. The van der Waals surface area contributed by atoms with Gasteiger partial charge in [-0.15, -0.1) is 0 Å². The number of morpholine rings is 1. The lowest BCUT2D eigenvalue weighted by atomic mass is 9.94. The number of hydrogen-bond acceptors (Lipinski definition) is 6. The van der Waals surface area contributed by atoms with Crippen LogP contribution in [0.25, 0.3) is 0 Å². The fourth-order valence-electron chi connectivity index (χ4n) is 4.33. The van der Waals surface area contributed by atoms with E-state index in [2.05, 4.69) is 33.3 Å². The molecule has 4 heterocycles. The molecule has 0 bridgehead atoms. The van der Waals surface area contributed by atoms with E-state index in [0.29, 0.717) is 25.3 Å². The van der Waals surface area contributed by atoms with Crippen molar-refractivity contribution in [3.05, 3.63) is 18.2 Å². The van der Waals surface area contributed by atoms with Crippen LogP contribution in [0.15, 0.2) is 12.4 Å². The summed E-state index contributed by atoms with van der Waals surface area (Å²) in [6.45, 7) is 19.9. The van der Waals surface area contributed by atoms with Crippen LogP contribution in [-0.4, -0.2) is 103 Å². The van der Waals surface area contributed by atoms with Crippen molar-refractivity contribution in [2.24, 2.45) is 0 Å². The smallest absolute Gasteiger partial charge is 0.240 e. The first-order valence-corrected chi connectivity index (χ1v) is 13.8. The zero-order valence-electron chi connectivity index (χ0n) is 24.4. The molecule has 3 aliphatic heterocycles. The third kappa shape index (κ3) is 10.2. The normalized spacial score (nSPS) is 23.7. The minimum absolute atomic E-state index is 0.128. The van der Waals surface area contributed by atoms with E-state index in [9.17, 15) is 4.79 Å². The van der Waals surface area contributed by atoms with Gasteiger partial charge in [-0.25, -0.2) is 4.98 Å². The predicted molar refractivity (Wildman–Crippen MR) is 146 cm³/mol. The number of ether oxygens (including phenoxy) is 2. The first kappa shape index (κ1) is 33.5. The second kappa shape index (κ2) is 19.7. The van der Waals surface area contributed by atoms with Crippen LogP contribution < -0.4 is 0 Å². The first-order chi connectivity index (χ1) is 17.0. The average molecular weight is 498 g/mol. The van der Waals surface area contributed by atoms with Gasteiger partial charge in [-0.2, -0.15) is 0 Å². The van der Waals surface area contributed by atoms with Crippen LogP contribution in [0.4, 0.5) is 0 Å². The average Bonchev–Trinajstić information content (AvgIpc) is 3.58. The zero-order valence-corrected chi connectivity index (χ0v) is 24.4. The Morgan fingerprint density at radius 1 is 1.09 bits per heavy atom. The molecule has 206 valence electrons. The molecule has 0 aromatic carbocycles. The highest BCUT2D eigenvalue weighted by atomic mass is 16.5. The second-order valence-electron chi connectivity index (χ2n) is 8.31. The topological polar surface area (TPSA) is 63.1 Å². The van der Waals surface area contributed by atoms with Gasteiger partial charge in [0.05, 0.1) is 31.9 Å². The van der Waals surface area contributed by atoms with Crippen molar-refractivity contribution in [3.63, 3.8) is 0 Å². The second-order valence-corrected chi connectivity index (χ2v) is 8.31. The Hall–Kier alpha value is -1.48. The minimum atomic E-state index is 0.128. The van der Waals surface area contributed by atoms with Crippen LogP contribution in [0.3, 0.4) is 0 Å². The van der Waals surface area contributed by atoms with Crippen molar-refractivity contribution in [1.82, 2.24) is 24.3 Å². The van der Waals surface area contributed by atoms with Crippen LogP contribution >= 0.6 is 0 Å². The maximum absolute atomic E-state index is 12.0. The summed E-state index contributed by atoms with van der Waals surface area (Å²) in [6.07, 6.45) is 7.43. The van der Waals surface area contributed by atoms with Gasteiger partial charge in [0, 0.05) is 45.2 Å². The highest BCUT2D eigenvalue weighted by Crippen LogP contribution is 2.29. The Morgan fingerprint density at radius 2 is 1.71 bits per heavy atom. The molecule has 0 N–H and O–H groups in total. The number of methoxy groups -OCH3 is 1. The van der Waals surface area contributed by atoms with Gasteiger partial charge < -0.3 is 18.9 Å². The molecular weight excluding hydrogens is 442 g/mol. The van der Waals surface area contributed by atoms with Gasteiger partial charge >= 0.3 is 0 Å². The van der Waals surface area contributed by atoms with Crippen molar-refractivity contribution >= 4 is 5.91 Å². The van der Waals surface area contributed by atoms with Crippen molar-refractivity contribution in [3.8, 4) is 0 Å². The standard InChI is InChI=1S/C11H19N3O.C10H18N2O2.3C2H6/c1-13-6-3-4-10(13)11-12-5-7-14(11)8-9-15-2;1-8-7-9(11(8)2)10(13)12-3-5-14-6-4-12;3*1-2/h5,7,10H,3-4,6,8-9H2,1-2H3;8-9H,3-7H2,1-2H3;3*1-2H3. The summed E-state index contributed by atoms with van der Waals surface area (Å²) >= 11 is 0. The zero-order chi connectivity index (χ0) is 26.8. The number of hydrogen-bond donors (Lipinski definition) is 0. The van der Waals surface area contributed by atoms with Gasteiger partial charge in [0.1, 0.15) is 5.82 Å². The van der Waals surface area contributed by atoms with Gasteiger partial charge in [-0.05, 0) is 46.8 Å². The number of carbonyl (C=O) groups is 1. The van der Waals surface area contributed by atoms with Gasteiger partial charge in [0.25, 0.3) is 0 Å². The first-order valence-electron chi connectivity index (χ1n) is 13.8. The van der Waals surface area contributed by atoms with Crippen LogP contribution in [0.2, 0.25) is 0 Å². The van der Waals surface area contributed by atoms with Crippen molar-refractivity contribution in [1.29, 1.82) is 0 Å². The van der Waals surface area contributed by atoms with Crippen LogP contribution in [0.1, 0.15) is 79.6 Å². The minimum Gasteiger partial charge on any atom is -0.383 e. The quantitative estimate of drug-likeness (QED) is 0.604. The van der Waals surface area contributed by atoms with Crippen LogP contribution in [0.5, 0.6) is 0 Å². The maximum atomic E-state index is 12.0. The molecule has 1 aromatic heterocycles. The SMILES string of the molecule is CC.CC.CC.CC1CC(C(=O)N2CCOCC2)N1C.COCCn1ccnc1C1CCCN1C. The van der Waals surface area contributed by atoms with E-state index in [0.717, 1.165) is 32.7 Å². The molecule has 0 spiro atoms. The molecule has 0 aliphatic carbocycles. The van der Waals surface area contributed by atoms with Crippen molar-refractivity contribution < 1.29 is 14.3 Å². The van der Waals surface area contributed by atoms with E-state index < -0.39 is 0 Å². The molecule has 1 amide bonds. The largest absolute Gasteiger partial charge is 0.383 e. The van der Waals surface area contributed by atoms with E-state index >= 15 is 0 Å².